The molecule has 2 heterocycles. The molecule has 3 amide bonds. The summed E-state index contributed by atoms with van der Waals surface area (Å²) in [6, 6.07) is 13.5. The number of hydrogen-bond donors (Lipinski definition) is 0. The summed E-state index contributed by atoms with van der Waals surface area (Å²) in [6.07, 6.45) is 4.59. The number of fused-ring (bicyclic) bond motifs is 1. The van der Waals surface area contributed by atoms with E-state index >= 15 is 0 Å². The number of carbonyl (C=O) groups is 4. The van der Waals surface area contributed by atoms with Gasteiger partial charge in [0.1, 0.15) is 11.5 Å². The van der Waals surface area contributed by atoms with Crippen molar-refractivity contribution in [2.45, 2.75) is 26.7 Å². The first-order valence-electron chi connectivity index (χ1n) is 12.3. The van der Waals surface area contributed by atoms with Gasteiger partial charge >= 0.3 is 5.97 Å². The van der Waals surface area contributed by atoms with Gasteiger partial charge in [-0.1, -0.05) is 19.1 Å². The summed E-state index contributed by atoms with van der Waals surface area (Å²) in [5, 5.41) is 0. The molecule has 0 saturated carbocycles. The summed E-state index contributed by atoms with van der Waals surface area (Å²) < 4.78 is 11.0. The number of anilines is 2. The molecule has 2 aromatic carbocycles. The van der Waals surface area contributed by atoms with Gasteiger partial charge in [-0.15, -0.1) is 0 Å². The monoisotopic (exact) mass is 488 g/mol. The number of hydrogen-bond acceptors (Lipinski definition) is 6. The molecule has 4 unspecified atom stereocenters. The first kappa shape index (κ1) is 23.8. The maximum Gasteiger partial charge on any atom is 0.316 e. The van der Waals surface area contributed by atoms with E-state index < -0.39 is 11.9 Å². The van der Waals surface area contributed by atoms with Crippen LogP contribution in [0.5, 0.6) is 11.5 Å². The van der Waals surface area contributed by atoms with Crippen LogP contribution in [0.2, 0.25) is 0 Å². The molecule has 5 rings (SSSR count). The van der Waals surface area contributed by atoms with E-state index in [0.717, 1.165) is 5.75 Å². The minimum atomic E-state index is -0.595. The Morgan fingerprint density at radius 2 is 1.61 bits per heavy atom. The lowest BCUT2D eigenvalue weighted by atomic mass is 9.78. The van der Waals surface area contributed by atoms with E-state index in [1.165, 1.54) is 4.90 Å². The predicted molar refractivity (Wildman–Crippen MR) is 133 cm³/mol. The van der Waals surface area contributed by atoms with E-state index in [1.54, 1.807) is 53.4 Å². The molecule has 36 heavy (non-hydrogen) atoms. The van der Waals surface area contributed by atoms with Crippen LogP contribution in [0.15, 0.2) is 60.7 Å². The van der Waals surface area contributed by atoms with Crippen LogP contribution in [-0.2, 0) is 19.2 Å². The lowest BCUT2D eigenvalue weighted by Crippen LogP contribution is -2.31. The molecule has 2 fully saturated rings. The second-order valence-corrected chi connectivity index (χ2v) is 9.41. The topological polar surface area (TPSA) is 93.2 Å². The molecule has 0 bridgehead atoms. The van der Waals surface area contributed by atoms with Crippen LogP contribution in [0.4, 0.5) is 11.4 Å². The average molecular weight is 489 g/mol. The first-order chi connectivity index (χ1) is 17.4. The highest BCUT2D eigenvalue weighted by atomic mass is 16.5. The van der Waals surface area contributed by atoms with Crippen molar-refractivity contribution >= 4 is 35.1 Å². The lowest BCUT2D eigenvalue weighted by Gasteiger charge is -2.22. The zero-order valence-electron chi connectivity index (χ0n) is 20.3. The number of carbonyl (C=O) groups excluding carboxylic acids is 4. The number of ether oxygens (including phenoxy) is 2. The van der Waals surface area contributed by atoms with E-state index in [0.29, 0.717) is 30.2 Å². The number of rotatable bonds is 6. The minimum absolute atomic E-state index is 0.0155. The Kier molecular flexibility index (Phi) is 6.35. The van der Waals surface area contributed by atoms with Crippen LogP contribution in [0.1, 0.15) is 26.7 Å². The fraction of sp³-hybridized carbons (Fsp3) is 0.357. The Hall–Kier alpha value is -3.94. The molecule has 2 aliphatic heterocycles. The van der Waals surface area contributed by atoms with Gasteiger partial charge in [-0.05, 0) is 67.8 Å². The highest BCUT2D eigenvalue weighted by Crippen LogP contribution is 2.40. The van der Waals surface area contributed by atoms with Crippen LogP contribution >= 0.6 is 0 Å². The molecule has 2 aromatic rings. The number of esters is 1. The number of benzene rings is 2. The number of imide groups is 1. The SMILES string of the molecule is CCOc1ccc(N2CC(C(=O)Oc3ccc(N4C(=O)C5CC=CC(C)C5C4=O)cc3)CC2=O)cc1. The van der Waals surface area contributed by atoms with E-state index in [-0.39, 0.29) is 48.4 Å². The second kappa shape index (κ2) is 9.60. The van der Waals surface area contributed by atoms with Gasteiger partial charge in [0.15, 0.2) is 0 Å². The first-order valence-corrected chi connectivity index (χ1v) is 12.3. The Bertz CT molecular complexity index is 1220. The Balaban J connectivity index is 1.22. The summed E-state index contributed by atoms with van der Waals surface area (Å²) >= 11 is 0. The normalized spacial score (nSPS) is 25.3. The predicted octanol–water partition coefficient (Wildman–Crippen LogP) is 3.75. The summed E-state index contributed by atoms with van der Waals surface area (Å²) in [6.45, 7) is 4.64. The minimum Gasteiger partial charge on any atom is -0.494 e. The van der Waals surface area contributed by atoms with Crippen molar-refractivity contribution in [3.8, 4) is 11.5 Å². The molecule has 1 aliphatic carbocycles. The van der Waals surface area contributed by atoms with Gasteiger partial charge in [-0.3, -0.25) is 24.1 Å². The van der Waals surface area contributed by atoms with E-state index in [1.807, 2.05) is 26.0 Å². The third kappa shape index (κ3) is 4.27. The van der Waals surface area contributed by atoms with Gasteiger partial charge in [-0.25, -0.2) is 0 Å². The number of allylic oxidation sites excluding steroid dienone is 2. The Morgan fingerprint density at radius 1 is 0.944 bits per heavy atom. The van der Waals surface area contributed by atoms with Crippen LogP contribution in [0.3, 0.4) is 0 Å². The fourth-order valence-corrected chi connectivity index (χ4v) is 5.27. The highest BCUT2D eigenvalue weighted by Gasteiger charge is 2.50. The molecule has 2 saturated heterocycles. The second-order valence-electron chi connectivity index (χ2n) is 9.41. The van der Waals surface area contributed by atoms with Crippen LogP contribution in [0.25, 0.3) is 0 Å². The molecule has 0 radical (unpaired) electrons. The van der Waals surface area contributed by atoms with Crippen molar-refractivity contribution in [2.75, 3.05) is 23.0 Å². The third-order valence-corrected chi connectivity index (χ3v) is 7.10. The molecule has 0 aromatic heterocycles. The standard InChI is InChI=1S/C28H28N2O6/c1-3-35-21-11-7-19(8-12-21)29-16-18(15-24(29)31)28(34)36-22-13-9-20(10-14-22)30-26(32)23-6-4-5-17(2)25(23)27(30)33/h4-5,7-14,17-18,23,25H,3,6,15-16H2,1-2H3. The Morgan fingerprint density at radius 3 is 2.28 bits per heavy atom. The Labute approximate surface area is 209 Å². The smallest absolute Gasteiger partial charge is 0.316 e. The molecule has 186 valence electrons. The van der Waals surface area contributed by atoms with Crippen molar-refractivity contribution in [3.05, 3.63) is 60.7 Å². The summed E-state index contributed by atoms with van der Waals surface area (Å²) in [5.74, 6) is -1.25. The fourth-order valence-electron chi connectivity index (χ4n) is 5.27. The molecule has 3 aliphatic rings. The van der Waals surface area contributed by atoms with Crippen molar-refractivity contribution in [3.63, 3.8) is 0 Å². The highest BCUT2D eigenvalue weighted by molar-refractivity contribution is 6.22. The zero-order valence-corrected chi connectivity index (χ0v) is 20.3. The molecular formula is C28H28N2O6. The molecular weight excluding hydrogens is 460 g/mol. The molecule has 8 heteroatoms. The van der Waals surface area contributed by atoms with Crippen LogP contribution in [0, 0.1) is 23.7 Å². The molecule has 8 nitrogen and oxygen atoms in total. The number of nitrogens with zero attached hydrogens (tertiary/aromatic N) is 2. The summed E-state index contributed by atoms with van der Waals surface area (Å²) in [4.78, 5) is 54.0. The quantitative estimate of drug-likeness (QED) is 0.266. The van der Waals surface area contributed by atoms with Crippen molar-refractivity contribution in [2.24, 2.45) is 23.7 Å². The maximum atomic E-state index is 13.0. The van der Waals surface area contributed by atoms with Crippen LogP contribution < -0.4 is 19.3 Å². The van der Waals surface area contributed by atoms with Crippen molar-refractivity contribution < 1.29 is 28.7 Å². The molecule has 0 spiro atoms. The maximum absolute atomic E-state index is 13.0. The zero-order chi connectivity index (χ0) is 25.4. The van der Waals surface area contributed by atoms with E-state index in [2.05, 4.69) is 0 Å². The van der Waals surface area contributed by atoms with E-state index in [4.69, 9.17) is 9.47 Å². The third-order valence-electron chi connectivity index (χ3n) is 7.10. The van der Waals surface area contributed by atoms with Crippen molar-refractivity contribution in [1.29, 1.82) is 0 Å². The largest absolute Gasteiger partial charge is 0.494 e. The van der Waals surface area contributed by atoms with Gasteiger partial charge in [0.2, 0.25) is 17.7 Å². The van der Waals surface area contributed by atoms with Gasteiger partial charge in [0.05, 0.1) is 30.0 Å². The van der Waals surface area contributed by atoms with Crippen LogP contribution in [-0.4, -0.2) is 36.8 Å². The summed E-state index contributed by atoms with van der Waals surface area (Å²) in [5.41, 5.74) is 1.16. The summed E-state index contributed by atoms with van der Waals surface area (Å²) in [7, 11) is 0. The van der Waals surface area contributed by atoms with Gasteiger partial charge < -0.3 is 14.4 Å². The molecule has 0 N–H and O–H groups in total. The number of amides is 3. The van der Waals surface area contributed by atoms with E-state index in [9.17, 15) is 19.2 Å². The van der Waals surface area contributed by atoms with Gasteiger partial charge in [-0.2, -0.15) is 0 Å². The van der Waals surface area contributed by atoms with Gasteiger partial charge in [0.25, 0.3) is 0 Å². The lowest BCUT2D eigenvalue weighted by molar-refractivity contribution is -0.139. The molecule has 4 atom stereocenters. The van der Waals surface area contributed by atoms with Gasteiger partial charge in [0, 0.05) is 18.7 Å². The van der Waals surface area contributed by atoms with Crippen molar-refractivity contribution in [1.82, 2.24) is 0 Å². The average Bonchev–Trinajstić information content (AvgIpc) is 3.38.